The van der Waals surface area contributed by atoms with E-state index in [1.54, 1.807) is 12.4 Å². The summed E-state index contributed by atoms with van der Waals surface area (Å²) in [6.45, 7) is 2.28. The number of pyridine rings is 1. The summed E-state index contributed by atoms with van der Waals surface area (Å²) < 4.78 is 2.28. The van der Waals surface area contributed by atoms with E-state index in [-0.39, 0.29) is 0 Å². The maximum atomic E-state index is 6.28. The molecule has 0 radical (unpaired) electrons. The van der Waals surface area contributed by atoms with Gasteiger partial charge < -0.3 is 4.57 Å². The number of imidazole rings is 1. The average Bonchev–Trinajstić information content (AvgIpc) is 2.65. The number of hydrogen-bond acceptors (Lipinski definition) is 2. The third kappa shape index (κ3) is 1.90. The summed E-state index contributed by atoms with van der Waals surface area (Å²) in [4.78, 5) is 8.73. The van der Waals surface area contributed by atoms with Gasteiger partial charge in [-0.05, 0) is 18.8 Å². The molecule has 96 valence electrons. The molecule has 0 atom stereocenters. The number of fused-ring (bicyclic) bond motifs is 1. The van der Waals surface area contributed by atoms with Crippen molar-refractivity contribution in [2.75, 3.05) is 5.88 Å². The predicted molar refractivity (Wildman–Crippen MR) is 74.4 cm³/mol. The van der Waals surface area contributed by atoms with Crippen LogP contribution in [0.1, 0.15) is 31.6 Å². The van der Waals surface area contributed by atoms with Crippen molar-refractivity contribution in [3.8, 4) is 0 Å². The molecule has 0 saturated heterocycles. The van der Waals surface area contributed by atoms with Gasteiger partial charge in [0.15, 0.2) is 0 Å². The molecule has 3 rings (SSSR count). The average molecular weight is 284 g/mol. The van der Waals surface area contributed by atoms with Crippen LogP contribution in [0.25, 0.3) is 11.0 Å². The summed E-state index contributed by atoms with van der Waals surface area (Å²) in [5, 5.41) is 0.681. The van der Waals surface area contributed by atoms with Crippen LogP contribution in [-0.4, -0.2) is 20.4 Å². The molecule has 1 fully saturated rings. The number of aromatic nitrogens is 3. The zero-order valence-corrected chi connectivity index (χ0v) is 11.7. The Hall–Kier alpha value is -0.800. The third-order valence-corrected chi connectivity index (χ3v) is 4.12. The van der Waals surface area contributed by atoms with Crippen molar-refractivity contribution in [2.45, 2.75) is 32.2 Å². The Morgan fingerprint density at radius 2 is 2.17 bits per heavy atom. The first kappa shape index (κ1) is 12.2. The van der Waals surface area contributed by atoms with Gasteiger partial charge in [0.05, 0.1) is 16.7 Å². The Kier molecular flexibility index (Phi) is 3.20. The smallest absolute Gasteiger partial charge is 0.111 e. The van der Waals surface area contributed by atoms with Gasteiger partial charge in [-0.25, -0.2) is 4.98 Å². The van der Waals surface area contributed by atoms with Crippen LogP contribution in [-0.2, 0) is 6.42 Å². The summed E-state index contributed by atoms with van der Waals surface area (Å²) in [5.74, 6) is 2.40. The molecule has 1 aliphatic rings. The predicted octanol–water partition coefficient (Wildman–Crippen LogP) is 3.84. The highest BCUT2D eigenvalue weighted by atomic mass is 35.5. The van der Waals surface area contributed by atoms with Gasteiger partial charge in [-0.15, -0.1) is 11.6 Å². The first-order chi connectivity index (χ1) is 8.70. The summed E-state index contributed by atoms with van der Waals surface area (Å²) in [7, 11) is 0. The van der Waals surface area contributed by atoms with Crippen LogP contribution in [0.3, 0.4) is 0 Å². The molecule has 1 saturated carbocycles. The van der Waals surface area contributed by atoms with Gasteiger partial charge in [-0.2, -0.15) is 0 Å². The summed E-state index contributed by atoms with van der Waals surface area (Å²) in [6, 6.07) is 0.517. The lowest BCUT2D eigenvalue weighted by Crippen LogP contribution is -2.26. The number of alkyl halides is 1. The maximum Gasteiger partial charge on any atom is 0.111 e. The van der Waals surface area contributed by atoms with Crippen molar-refractivity contribution >= 4 is 34.2 Å². The van der Waals surface area contributed by atoms with Gasteiger partial charge in [0, 0.05) is 24.5 Å². The molecule has 18 heavy (non-hydrogen) atoms. The number of rotatable bonds is 3. The van der Waals surface area contributed by atoms with E-state index in [0.29, 0.717) is 16.9 Å². The first-order valence-corrected chi connectivity index (χ1v) is 7.18. The van der Waals surface area contributed by atoms with E-state index in [1.165, 1.54) is 12.8 Å². The number of hydrogen-bond donors (Lipinski definition) is 0. The van der Waals surface area contributed by atoms with E-state index in [4.69, 9.17) is 23.2 Å². The zero-order valence-electron chi connectivity index (χ0n) is 10.2. The van der Waals surface area contributed by atoms with Crippen molar-refractivity contribution in [3.05, 3.63) is 23.2 Å². The minimum Gasteiger partial charge on any atom is -0.323 e. The second-order valence-electron chi connectivity index (χ2n) is 5.06. The molecule has 0 N–H and O–H groups in total. The van der Waals surface area contributed by atoms with Crippen LogP contribution in [0.4, 0.5) is 0 Å². The Balaban J connectivity index is 2.15. The highest BCUT2D eigenvalue weighted by molar-refractivity contribution is 6.34. The quantitative estimate of drug-likeness (QED) is 0.802. The topological polar surface area (TPSA) is 30.7 Å². The highest BCUT2D eigenvalue weighted by Crippen LogP contribution is 2.41. The molecular weight excluding hydrogens is 269 g/mol. The Morgan fingerprint density at radius 1 is 1.39 bits per heavy atom. The van der Waals surface area contributed by atoms with E-state index in [1.807, 2.05) is 0 Å². The van der Waals surface area contributed by atoms with E-state index in [2.05, 4.69) is 21.5 Å². The third-order valence-electron chi connectivity index (χ3n) is 3.65. The molecule has 0 aromatic carbocycles. The van der Waals surface area contributed by atoms with Crippen molar-refractivity contribution in [2.24, 2.45) is 5.92 Å². The minimum absolute atomic E-state index is 0.517. The molecule has 2 aromatic heterocycles. The summed E-state index contributed by atoms with van der Waals surface area (Å²) in [5.41, 5.74) is 1.89. The molecule has 0 unspecified atom stereocenters. The Morgan fingerprint density at radius 3 is 2.83 bits per heavy atom. The largest absolute Gasteiger partial charge is 0.323 e. The molecule has 0 amide bonds. The van der Waals surface area contributed by atoms with E-state index in [0.717, 1.165) is 29.2 Å². The van der Waals surface area contributed by atoms with E-state index in [9.17, 15) is 0 Å². The van der Waals surface area contributed by atoms with Gasteiger partial charge >= 0.3 is 0 Å². The van der Waals surface area contributed by atoms with E-state index < -0.39 is 0 Å². The number of halogens is 2. The minimum atomic E-state index is 0.517. The fraction of sp³-hybridized carbons (Fsp3) is 0.538. The SMILES string of the molecule is CC1CC(n2c(CCCl)nc3cncc(Cl)c32)C1. The molecule has 0 bridgehead atoms. The summed E-state index contributed by atoms with van der Waals surface area (Å²) in [6.07, 6.45) is 6.63. The molecule has 0 aliphatic heterocycles. The Labute approximate surface area is 116 Å². The van der Waals surface area contributed by atoms with Gasteiger partial charge in [0.1, 0.15) is 11.3 Å². The first-order valence-electron chi connectivity index (χ1n) is 6.27. The van der Waals surface area contributed by atoms with Crippen LogP contribution in [0.5, 0.6) is 0 Å². The molecule has 3 nitrogen and oxygen atoms in total. The number of nitrogens with zero attached hydrogens (tertiary/aromatic N) is 3. The summed E-state index contributed by atoms with van der Waals surface area (Å²) >= 11 is 12.1. The van der Waals surface area contributed by atoms with Gasteiger partial charge in [0.2, 0.25) is 0 Å². The monoisotopic (exact) mass is 283 g/mol. The second kappa shape index (κ2) is 4.71. The van der Waals surface area contributed by atoms with Crippen molar-refractivity contribution in [1.29, 1.82) is 0 Å². The maximum absolute atomic E-state index is 6.28. The van der Waals surface area contributed by atoms with Crippen LogP contribution in [0, 0.1) is 5.92 Å². The van der Waals surface area contributed by atoms with Crippen molar-refractivity contribution < 1.29 is 0 Å². The fourth-order valence-corrected chi connectivity index (χ4v) is 3.20. The lowest BCUT2D eigenvalue weighted by atomic mass is 9.81. The van der Waals surface area contributed by atoms with Gasteiger partial charge in [0.25, 0.3) is 0 Å². The van der Waals surface area contributed by atoms with E-state index >= 15 is 0 Å². The zero-order chi connectivity index (χ0) is 12.7. The molecular formula is C13H15Cl2N3. The van der Waals surface area contributed by atoms with Crippen molar-refractivity contribution in [1.82, 2.24) is 14.5 Å². The fourth-order valence-electron chi connectivity index (χ4n) is 2.79. The van der Waals surface area contributed by atoms with Crippen LogP contribution >= 0.6 is 23.2 Å². The number of aryl methyl sites for hydroxylation is 1. The lowest BCUT2D eigenvalue weighted by Gasteiger charge is -2.35. The van der Waals surface area contributed by atoms with Gasteiger partial charge in [-0.3, -0.25) is 4.98 Å². The molecule has 2 heterocycles. The Bertz CT molecular complexity index is 573. The molecule has 0 spiro atoms. The molecule has 2 aromatic rings. The normalized spacial score (nSPS) is 23.3. The highest BCUT2D eigenvalue weighted by Gasteiger charge is 2.30. The van der Waals surface area contributed by atoms with Crippen LogP contribution < -0.4 is 0 Å². The van der Waals surface area contributed by atoms with Gasteiger partial charge in [-0.1, -0.05) is 18.5 Å². The van der Waals surface area contributed by atoms with Crippen LogP contribution in [0.15, 0.2) is 12.4 Å². The molecule has 5 heteroatoms. The lowest BCUT2D eigenvalue weighted by molar-refractivity contribution is 0.217. The van der Waals surface area contributed by atoms with Crippen molar-refractivity contribution in [3.63, 3.8) is 0 Å². The standard InChI is InChI=1S/C13H15Cl2N3/c1-8-4-9(5-8)18-12(2-3-14)17-11-7-16-6-10(15)13(11)18/h6-9H,2-5H2,1H3. The second-order valence-corrected chi connectivity index (χ2v) is 5.84. The molecule has 1 aliphatic carbocycles. The van der Waals surface area contributed by atoms with Crippen LogP contribution in [0.2, 0.25) is 5.02 Å².